The summed E-state index contributed by atoms with van der Waals surface area (Å²) >= 11 is 0. The summed E-state index contributed by atoms with van der Waals surface area (Å²) in [7, 11) is -3.63. The third-order valence-corrected chi connectivity index (χ3v) is 7.78. The standard InChI is InChI=1S/C24H31N3O4S/c1-4-19-11-13-21(14-12-19)16-27-22(28)17-26(32(30,31)5-2)18-24(27,3)23(29)25-15-20-9-7-6-8-10-20/h6-14H,4-5,15-18H2,1-3H3,(H,25,29)/t24-/m0/s1. The summed E-state index contributed by atoms with van der Waals surface area (Å²) in [6.07, 6.45) is 0.909. The molecule has 0 spiro atoms. The van der Waals surface area contributed by atoms with Crippen LogP contribution in [0.5, 0.6) is 0 Å². The van der Waals surface area contributed by atoms with E-state index >= 15 is 0 Å². The van der Waals surface area contributed by atoms with Crippen molar-refractivity contribution >= 4 is 21.8 Å². The van der Waals surface area contributed by atoms with E-state index in [1.165, 1.54) is 17.4 Å². The second kappa shape index (κ2) is 9.83. The molecule has 1 atom stereocenters. The number of hydrogen-bond donors (Lipinski definition) is 1. The maximum atomic E-state index is 13.4. The number of sulfonamides is 1. The van der Waals surface area contributed by atoms with Crippen molar-refractivity contribution in [3.05, 3.63) is 71.3 Å². The van der Waals surface area contributed by atoms with Crippen LogP contribution < -0.4 is 5.32 Å². The zero-order valence-electron chi connectivity index (χ0n) is 18.9. The van der Waals surface area contributed by atoms with E-state index in [1.54, 1.807) is 6.92 Å². The molecule has 0 saturated carbocycles. The van der Waals surface area contributed by atoms with E-state index in [0.29, 0.717) is 6.54 Å². The molecule has 2 aromatic carbocycles. The molecule has 32 heavy (non-hydrogen) atoms. The molecule has 1 fully saturated rings. The van der Waals surface area contributed by atoms with Gasteiger partial charge in [0.05, 0.1) is 12.3 Å². The van der Waals surface area contributed by atoms with E-state index < -0.39 is 15.6 Å². The summed E-state index contributed by atoms with van der Waals surface area (Å²) in [6, 6.07) is 17.4. The molecule has 0 aromatic heterocycles. The third-order valence-electron chi connectivity index (χ3n) is 6.01. The van der Waals surface area contributed by atoms with Gasteiger partial charge in [-0.05, 0) is 37.0 Å². The minimum absolute atomic E-state index is 0.0808. The fourth-order valence-corrected chi connectivity index (χ4v) is 4.98. The zero-order valence-corrected chi connectivity index (χ0v) is 19.7. The Morgan fingerprint density at radius 3 is 2.22 bits per heavy atom. The molecule has 1 saturated heterocycles. The van der Waals surface area contributed by atoms with Crippen LogP contribution in [0.1, 0.15) is 37.5 Å². The molecular weight excluding hydrogens is 426 g/mol. The van der Waals surface area contributed by atoms with E-state index in [9.17, 15) is 18.0 Å². The maximum Gasteiger partial charge on any atom is 0.247 e. The fourth-order valence-electron chi connectivity index (χ4n) is 3.86. The van der Waals surface area contributed by atoms with Crippen LogP contribution in [0.25, 0.3) is 0 Å². The van der Waals surface area contributed by atoms with Crippen molar-refractivity contribution in [3.8, 4) is 0 Å². The molecule has 1 N–H and O–H groups in total. The number of hydrogen-bond acceptors (Lipinski definition) is 4. The van der Waals surface area contributed by atoms with Crippen LogP contribution in [0.3, 0.4) is 0 Å². The number of piperazine rings is 1. The van der Waals surface area contributed by atoms with Crippen LogP contribution >= 0.6 is 0 Å². The normalized spacial score (nSPS) is 19.7. The first-order valence-corrected chi connectivity index (χ1v) is 12.5. The van der Waals surface area contributed by atoms with Crippen molar-refractivity contribution in [1.82, 2.24) is 14.5 Å². The molecule has 172 valence electrons. The number of nitrogens with one attached hydrogen (secondary N) is 1. The van der Waals surface area contributed by atoms with Crippen molar-refractivity contribution in [2.45, 2.75) is 45.8 Å². The molecule has 0 unspecified atom stereocenters. The summed E-state index contributed by atoms with van der Waals surface area (Å²) in [5, 5.41) is 2.90. The van der Waals surface area contributed by atoms with Crippen LogP contribution in [-0.2, 0) is 39.1 Å². The van der Waals surface area contributed by atoms with Crippen molar-refractivity contribution in [3.63, 3.8) is 0 Å². The third kappa shape index (κ3) is 5.19. The van der Waals surface area contributed by atoms with E-state index in [2.05, 4.69) is 12.2 Å². The topological polar surface area (TPSA) is 86.8 Å². The SMILES string of the molecule is CCc1ccc(CN2C(=O)CN(S(=O)(=O)CC)C[C@@]2(C)C(=O)NCc2ccccc2)cc1. The van der Waals surface area contributed by atoms with Crippen molar-refractivity contribution in [2.24, 2.45) is 0 Å². The second-order valence-corrected chi connectivity index (χ2v) is 10.5. The minimum atomic E-state index is -3.63. The second-order valence-electron chi connectivity index (χ2n) is 8.26. The molecular formula is C24H31N3O4S. The molecule has 7 nitrogen and oxygen atoms in total. The number of rotatable bonds is 8. The van der Waals surface area contributed by atoms with E-state index in [-0.39, 0.29) is 37.2 Å². The highest BCUT2D eigenvalue weighted by molar-refractivity contribution is 7.89. The Morgan fingerprint density at radius 2 is 1.62 bits per heavy atom. The van der Waals surface area contributed by atoms with Crippen molar-refractivity contribution in [2.75, 3.05) is 18.8 Å². The molecule has 0 aliphatic carbocycles. The number of benzene rings is 2. The van der Waals surface area contributed by atoms with Crippen LogP contribution in [0.15, 0.2) is 54.6 Å². The van der Waals surface area contributed by atoms with Gasteiger partial charge >= 0.3 is 0 Å². The van der Waals surface area contributed by atoms with Gasteiger partial charge in [-0.2, -0.15) is 4.31 Å². The number of carbonyl (C=O) groups excluding carboxylic acids is 2. The fraction of sp³-hybridized carbons (Fsp3) is 0.417. The first-order valence-electron chi connectivity index (χ1n) is 10.9. The number of aryl methyl sites for hydroxylation is 1. The van der Waals surface area contributed by atoms with Crippen LogP contribution in [0.2, 0.25) is 0 Å². The predicted octanol–water partition coefficient (Wildman–Crippen LogP) is 2.32. The van der Waals surface area contributed by atoms with Crippen LogP contribution in [0, 0.1) is 0 Å². The molecule has 3 rings (SSSR count). The van der Waals surface area contributed by atoms with Crippen molar-refractivity contribution < 1.29 is 18.0 Å². The molecule has 8 heteroatoms. The summed E-state index contributed by atoms with van der Waals surface area (Å²) in [4.78, 5) is 28.0. The molecule has 1 heterocycles. The quantitative estimate of drug-likeness (QED) is 0.659. The maximum absolute atomic E-state index is 13.4. The van der Waals surface area contributed by atoms with Gasteiger partial charge < -0.3 is 10.2 Å². The summed E-state index contributed by atoms with van der Waals surface area (Å²) < 4.78 is 26.2. The van der Waals surface area contributed by atoms with E-state index in [1.807, 2.05) is 54.6 Å². The Morgan fingerprint density at radius 1 is 1.00 bits per heavy atom. The summed E-state index contributed by atoms with van der Waals surface area (Å²) in [5.41, 5.74) is 1.66. The number of carbonyl (C=O) groups is 2. The Balaban J connectivity index is 1.89. The summed E-state index contributed by atoms with van der Waals surface area (Å²) in [5.74, 6) is -0.887. The highest BCUT2D eigenvalue weighted by Gasteiger charge is 2.49. The van der Waals surface area contributed by atoms with Gasteiger partial charge in [0.1, 0.15) is 5.54 Å². The Kier molecular flexibility index (Phi) is 7.36. The lowest BCUT2D eigenvalue weighted by Crippen LogP contribution is -2.69. The molecule has 0 radical (unpaired) electrons. The van der Waals surface area contributed by atoms with Gasteiger partial charge in [0.15, 0.2) is 0 Å². The zero-order chi connectivity index (χ0) is 23.4. The van der Waals surface area contributed by atoms with Gasteiger partial charge in [0.2, 0.25) is 21.8 Å². The predicted molar refractivity (Wildman–Crippen MR) is 124 cm³/mol. The molecule has 2 amide bonds. The molecule has 1 aliphatic heterocycles. The first kappa shape index (κ1) is 23.9. The average Bonchev–Trinajstić information content (AvgIpc) is 2.80. The van der Waals surface area contributed by atoms with Gasteiger partial charge in [0.25, 0.3) is 0 Å². The molecule has 0 bridgehead atoms. The van der Waals surface area contributed by atoms with Crippen molar-refractivity contribution in [1.29, 1.82) is 0 Å². The van der Waals surface area contributed by atoms with Gasteiger partial charge in [-0.15, -0.1) is 0 Å². The smallest absolute Gasteiger partial charge is 0.247 e. The lowest BCUT2D eigenvalue weighted by Gasteiger charge is -2.46. The first-order chi connectivity index (χ1) is 15.2. The van der Waals surface area contributed by atoms with E-state index in [4.69, 9.17) is 0 Å². The molecule has 1 aliphatic rings. The largest absolute Gasteiger partial charge is 0.350 e. The molecule has 2 aromatic rings. The Hall–Kier alpha value is -2.71. The van der Waals surface area contributed by atoms with Crippen LogP contribution in [0.4, 0.5) is 0 Å². The highest BCUT2D eigenvalue weighted by Crippen LogP contribution is 2.27. The monoisotopic (exact) mass is 457 g/mol. The lowest BCUT2D eigenvalue weighted by atomic mass is 9.94. The Bertz CT molecular complexity index is 1050. The number of amides is 2. The van der Waals surface area contributed by atoms with Gasteiger partial charge in [-0.1, -0.05) is 61.5 Å². The van der Waals surface area contributed by atoms with Gasteiger partial charge in [-0.3, -0.25) is 9.59 Å². The average molecular weight is 458 g/mol. The minimum Gasteiger partial charge on any atom is -0.350 e. The lowest BCUT2D eigenvalue weighted by molar-refractivity contribution is -0.153. The van der Waals surface area contributed by atoms with Crippen LogP contribution in [-0.4, -0.2) is 53.8 Å². The Labute approximate surface area is 190 Å². The van der Waals surface area contributed by atoms with Gasteiger partial charge in [0, 0.05) is 19.6 Å². The number of nitrogens with zero attached hydrogens (tertiary/aromatic N) is 2. The van der Waals surface area contributed by atoms with E-state index in [0.717, 1.165) is 21.9 Å². The summed E-state index contributed by atoms with van der Waals surface area (Å²) in [6.45, 7) is 5.44. The highest BCUT2D eigenvalue weighted by atomic mass is 32.2. The van der Waals surface area contributed by atoms with Gasteiger partial charge in [-0.25, -0.2) is 8.42 Å².